The van der Waals surface area contributed by atoms with Crippen LogP contribution in [0.5, 0.6) is 0 Å². The number of hydrogen-bond donors (Lipinski definition) is 1. The second-order valence-corrected chi connectivity index (χ2v) is 8.12. The molecule has 1 N–H and O–H groups in total. The number of fused-ring (bicyclic) bond motifs is 1. The molecule has 0 aliphatic rings. The Morgan fingerprint density at radius 2 is 1.93 bits per heavy atom. The number of hydrogen-bond acceptors (Lipinski definition) is 5. The minimum atomic E-state index is -0.139. The highest BCUT2D eigenvalue weighted by molar-refractivity contribution is 7.98. The number of para-hydroxylation sites is 1. The summed E-state index contributed by atoms with van der Waals surface area (Å²) >= 11 is 3.38. The van der Waals surface area contributed by atoms with Crippen LogP contribution in [0.2, 0.25) is 0 Å². The van der Waals surface area contributed by atoms with E-state index in [1.807, 2.05) is 61.5 Å². The largest absolute Gasteiger partial charge is 0.320 e. The van der Waals surface area contributed by atoms with E-state index in [4.69, 9.17) is 0 Å². The Hall–Kier alpha value is -2.70. The number of carbonyl (C=O) groups excluding carboxylic acids is 1. The molecular formula is C21H17N3OS2. The van der Waals surface area contributed by atoms with Crippen molar-refractivity contribution in [1.82, 2.24) is 9.97 Å². The molecule has 2 aromatic heterocycles. The molecule has 0 unspecified atom stereocenters. The van der Waals surface area contributed by atoms with Gasteiger partial charge in [-0.15, -0.1) is 23.1 Å². The van der Waals surface area contributed by atoms with Crippen LogP contribution >= 0.6 is 23.1 Å². The van der Waals surface area contributed by atoms with Crippen LogP contribution in [0.3, 0.4) is 0 Å². The molecule has 0 saturated carbocycles. The molecule has 0 aliphatic heterocycles. The molecule has 6 heteroatoms. The molecular weight excluding hydrogens is 374 g/mol. The van der Waals surface area contributed by atoms with E-state index in [0.717, 1.165) is 37.9 Å². The van der Waals surface area contributed by atoms with Crippen molar-refractivity contribution in [2.24, 2.45) is 0 Å². The molecule has 0 aliphatic carbocycles. The number of benzene rings is 2. The van der Waals surface area contributed by atoms with Gasteiger partial charge < -0.3 is 5.32 Å². The first-order valence-electron chi connectivity index (χ1n) is 8.48. The standard InChI is InChI=1S/C21H17N3OS2/c1-14-23-17(12-26-14)13-27-18-9-7-16(8-10-18)21(25)24-19-6-2-4-15-5-3-11-22-20(15)19/h2-12H,13H2,1H3,(H,24,25). The van der Waals surface area contributed by atoms with Gasteiger partial charge in [-0.3, -0.25) is 9.78 Å². The number of nitrogens with one attached hydrogen (secondary N) is 1. The van der Waals surface area contributed by atoms with Crippen LogP contribution in [-0.2, 0) is 5.75 Å². The number of thioether (sulfide) groups is 1. The number of carbonyl (C=O) groups is 1. The second kappa shape index (κ2) is 7.90. The summed E-state index contributed by atoms with van der Waals surface area (Å²) in [6.45, 7) is 2.01. The van der Waals surface area contributed by atoms with E-state index in [2.05, 4.69) is 20.7 Å². The van der Waals surface area contributed by atoms with Gasteiger partial charge in [-0.2, -0.15) is 0 Å². The lowest BCUT2D eigenvalue weighted by Gasteiger charge is -2.08. The van der Waals surface area contributed by atoms with Crippen LogP contribution in [0, 0.1) is 6.92 Å². The number of nitrogens with zero attached hydrogens (tertiary/aromatic N) is 2. The maximum absolute atomic E-state index is 12.6. The van der Waals surface area contributed by atoms with E-state index < -0.39 is 0 Å². The van der Waals surface area contributed by atoms with Gasteiger partial charge in [-0.1, -0.05) is 18.2 Å². The first-order chi connectivity index (χ1) is 13.2. The number of anilines is 1. The number of rotatable bonds is 5. The van der Waals surface area contributed by atoms with Gasteiger partial charge in [0, 0.05) is 33.2 Å². The number of amides is 1. The Labute approximate surface area is 165 Å². The van der Waals surface area contributed by atoms with Gasteiger partial charge in [0.1, 0.15) is 0 Å². The van der Waals surface area contributed by atoms with Crippen LogP contribution in [-0.4, -0.2) is 15.9 Å². The highest BCUT2D eigenvalue weighted by atomic mass is 32.2. The number of aromatic nitrogens is 2. The Balaban J connectivity index is 1.44. The molecule has 0 fully saturated rings. The monoisotopic (exact) mass is 391 g/mol. The highest BCUT2D eigenvalue weighted by Crippen LogP contribution is 2.25. The molecule has 2 aromatic carbocycles. The molecule has 2 heterocycles. The first kappa shape index (κ1) is 17.7. The third kappa shape index (κ3) is 4.18. The zero-order valence-electron chi connectivity index (χ0n) is 14.7. The highest BCUT2D eigenvalue weighted by Gasteiger charge is 2.09. The van der Waals surface area contributed by atoms with Crippen molar-refractivity contribution < 1.29 is 4.79 Å². The SMILES string of the molecule is Cc1nc(CSc2ccc(C(=O)Nc3cccc4cccnc34)cc2)cs1. The lowest BCUT2D eigenvalue weighted by Crippen LogP contribution is -2.12. The fourth-order valence-electron chi connectivity index (χ4n) is 2.73. The molecule has 0 atom stereocenters. The molecule has 4 rings (SSSR count). The Kier molecular flexibility index (Phi) is 5.18. The molecule has 0 saturated heterocycles. The molecule has 27 heavy (non-hydrogen) atoms. The van der Waals surface area contributed by atoms with Gasteiger partial charge in [-0.25, -0.2) is 4.98 Å². The van der Waals surface area contributed by atoms with Gasteiger partial charge in [0.2, 0.25) is 0 Å². The summed E-state index contributed by atoms with van der Waals surface area (Å²) in [5.41, 5.74) is 3.22. The Morgan fingerprint density at radius 3 is 2.70 bits per heavy atom. The average molecular weight is 392 g/mol. The van der Waals surface area contributed by atoms with E-state index in [0.29, 0.717) is 5.56 Å². The zero-order chi connectivity index (χ0) is 18.6. The van der Waals surface area contributed by atoms with E-state index in [1.165, 1.54) is 0 Å². The van der Waals surface area contributed by atoms with Crippen LogP contribution in [0.25, 0.3) is 10.9 Å². The van der Waals surface area contributed by atoms with Crippen LogP contribution in [0.4, 0.5) is 5.69 Å². The predicted octanol–water partition coefficient (Wildman–Crippen LogP) is 5.54. The van der Waals surface area contributed by atoms with Crippen molar-refractivity contribution in [2.45, 2.75) is 17.6 Å². The quantitative estimate of drug-likeness (QED) is 0.454. The summed E-state index contributed by atoms with van der Waals surface area (Å²) in [5, 5.41) is 7.13. The lowest BCUT2D eigenvalue weighted by molar-refractivity contribution is 0.102. The smallest absolute Gasteiger partial charge is 0.255 e. The van der Waals surface area contributed by atoms with Crippen molar-refractivity contribution in [3.8, 4) is 0 Å². The molecule has 0 spiro atoms. The summed E-state index contributed by atoms with van der Waals surface area (Å²) in [7, 11) is 0. The van der Waals surface area contributed by atoms with E-state index in [9.17, 15) is 4.79 Å². The molecule has 4 nitrogen and oxygen atoms in total. The predicted molar refractivity (Wildman–Crippen MR) is 113 cm³/mol. The van der Waals surface area contributed by atoms with Gasteiger partial charge in [0.15, 0.2) is 0 Å². The number of aryl methyl sites for hydroxylation is 1. The fourth-order valence-corrected chi connectivity index (χ4v) is 4.24. The van der Waals surface area contributed by atoms with Gasteiger partial charge in [0.05, 0.1) is 21.9 Å². The normalized spacial score (nSPS) is 10.9. The minimum absolute atomic E-state index is 0.139. The Morgan fingerprint density at radius 1 is 1.11 bits per heavy atom. The summed E-state index contributed by atoms with van der Waals surface area (Å²) < 4.78 is 0. The van der Waals surface area contributed by atoms with Crippen molar-refractivity contribution in [1.29, 1.82) is 0 Å². The van der Waals surface area contributed by atoms with E-state index in [-0.39, 0.29) is 5.91 Å². The zero-order valence-corrected chi connectivity index (χ0v) is 16.3. The number of thiazole rings is 1. The van der Waals surface area contributed by atoms with Crippen molar-refractivity contribution in [2.75, 3.05) is 5.32 Å². The van der Waals surface area contributed by atoms with E-state index >= 15 is 0 Å². The summed E-state index contributed by atoms with van der Waals surface area (Å²) in [6.07, 6.45) is 1.73. The average Bonchev–Trinajstić information content (AvgIpc) is 3.12. The molecule has 4 aromatic rings. The van der Waals surface area contributed by atoms with Gasteiger partial charge in [0.25, 0.3) is 5.91 Å². The molecule has 0 bridgehead atoms. The summed E-state index contributed by atoms with van der Waals surface area (Å²) in [5.74, 6) is 0.692. The van der Waals surface area contributed by atoms with Gasteiger partial charge >= 0.3 is 0 Å². The molecule has 0 radical (unpaired) electrons. The minimum Gasteiger partial charge on any atom is -0.320 e. The maximum Gasteiger partial charge on any atom is 0.255 e. The third-order valence-electron chi connectivity index (χ3n) is 4.05. The molecule has 1 amide bonds. The molecule has 134 valence electrons. The summed E-state index contributed by atoms with van der Waals surface area (Å²) in [6, 6.07) is 17.3. The third-order valence-corrected chi connectivity index (χ3v) is 5.92. The van der Waals surface area contributed by atoms with Crippen molar-refractivity contribution >= 4 is 45.6 Å². The van der Waals surface area contributed by atoms with Gasteiger partial charge in [-0.05, 0) is 43.3 Å². The van der Waals surface area contributed by atoms with Crippen LogP contribution in [0.1, 0.15) is 21.1 Å². The Bertz CT molecular complexity index is 1080. The first-order valence-corrected chi connectivity index (χ1v) is 10.3. The van der Waals surface area contributed by atoms with E-state index in [1.54, 1.807) is 29.3 Å². The number of pyridine rings is 1. The van der Waals surface area contributed by atoms with Crippen molar-refractivity contribution in [3.63, 3.8) is 0 Å². The second-order valence-electron chi connectivity index (χ2n) is 6.01. The lowest BCUT2D eigenvalue weighted by atomic mass is 10.1. The topological polar surface area (TPSA) is 54.9 Å². The van der Waals surface area contributed by atoms with Crippen LogP contribution < -0.4 is 5.32 Å². The van der Waals surface area contributed by atoms with Crippen molar-refractivity contribution in [3.05, 3.63) is 82.4 Å². The fraction of sp³-hybridized carbons (Fsp3) is 0.0952. The van der Waals surface area contributed by atoms with Crippen LogP contribution in [0.15, 0.2) is 71.1 Å². The summed E-state index contributed by atoms with van der Waals surface area (Å²) in [4.78, 5) is 22.6. The maximum atomic E-state index is 12.6.